The zero-order chi connectivity index (χ0) is 26.4. The molecular formula is C29H32N4O3S. The maximum absolute atomic E-state index is 13.9. The van der Waals surface area contributed by atoms with Gasteiger partial charge in [0.1, 0.15) is 0 Å². The summed E-state index contributed by atoms with van der Waals surface area (Å²) < 4.78 is 1.60. The van der Waals surface area contributed by atoms with Crippen LogP contribution in [0.4, 0.5) is 0 Å². The molecule has 2 N–H and O–H groups in total. The van der Waals surface area contributed by atoms with Gasteiger partial charge in [0.25, 0.3) is 5.56 Å². The average molecular weight is 517 g/mol. The molecule has 0 fully saturated rings. The Morgan fingerprint density at radius 3 is 2.30 bits per heavy atom. The van der Waals surface area contributed by atoms with Crippen molar-refractivity contribution in [2.45, 2.75) is 58.0 Å². The molecule has 2 amide bonds. The minimum Gasteiger partial charge on any atom is -0.273 e. The summed E-state index contributed by atoms with van der Waals surface area (Å²) in [6.07, 6.45) is 4.22. The number of rotatable bonds is 7. The van der Waals surface area contributed by atoms with Crippen molar-refractivity contribution in [3.63, 3.8) is 0 Å². The topological polar surface area (TPSA) is 93.1 Å². The summed E-state index contributed by atoms with van der Waals surface area (Å²) in [6.45, 7) is 5.95. The van der Waals surface area contributed by atoms with E-state index in [1.54, 1.807) is 4.57 Å². The molecule has 1 aliphatic rings. The van der Waals surface area contributed by atoms with Crippen molar-refractivity contribution in [2.24, 2.45) is 0 Å². The molecule has 4 rings (SSSR count). The van der Waals surface area contributed by atoms with Crippen LogP contribution in [0.15, 0.2) is 70.1 Å². The van der Waals surface area contributed by atoms with Gasteiger partial charge < -0.3 is 0 Å². The van der Waals surface area contributed by atoms with Crippen LogP contribution in [0.5, 0.6) is 0 Å². The van der Waals surface area contributed by atoms with Crippen LogP contribution < -0.4 is 16.4 Å². The van der Waals surface area contributed by atoms with Gasteiger partial charge in [-0.2, -0.15) is 0 Å². The van der Waals surface area contributed by atoms with E-state index >= 15 is 0 Å². The van der Waals surface area contributed by atoms with Crippen LogP contribution >= 0.6 is 11.8 Å². The molecular weight excluding hydrogens is 484 g/mol. The molecule has 0 saturated carbocycles. The van der Waals surface area contributed by atoms with Crippen LogP contribution in [0.2, 0.25) is 0 Å². The molecule has 8 heteroatoms. The Labute approximate surface area is 221 Å². The van der Waals surface area contributed by atoms with E-state index in [4.69, 9.17) is 4.98 Å². The molecule has 2 aromatic carbocycles. The smallest absolute Gasteiger partial charge is 0.266 e. The van der Waals surface area contributed by atoms with Gasteiger partial charge >= 0.3 is 0 Å². The van der Waals surface area contributed by atoms with Gasteiger partial charge in [-0.3, -0.25) is 29.8 Å². The molecule has 192 valence electrons. The molecule has 0 spiro atoms. The first-order valence-corrected chi connectivity index (χ1v) is 13.5. The minimum atomic E-state index is -0.385. The Morgan fingerprint density at radius 2 is 1.59 bits per heavy atom. The van der Waals surface area contributed by atoms with Gasteiger partial charge in [-0.1, -0.05) is 65.4 Å². The molecule has 1 aromatic heterocycles. The fourth-order valence-electron chi connectivity index (χ4n) is 4.49. The van der Waals surface area contributed by atoms with E-state index in [9.17, 15) is 14.4 Å². The number of amides is 2. The van der Waals surface area contributed by atoms with Gasteiger partial charge in [0, 0.05) is 0 Å². The highest BCUT2D eigenvalue weighted by atomic mass is 32.2. The quantitative estimate of drug-likeness (QED) is 0.270. The van der Waals surface area contributed by atoms with E-state index in [2.05, 4.69) is 17.8 Å². The number of carbonyl (C=O) groups excluding carboxylic acids is 2. The molecule has 0 bridgehead atoms. The second-order valence-electron chi connectivity index (χ2n) is 9.34. The third-order valence-electron chi connectivity index (χ3n) is 6.45. The number of hydrazine groups is 1. The molecule has 7 nitrogen and oxygen atoms in total. The predicted molar refractivity (Wildman–Crippen MR) is 148 cm³/mol. The van der Waals surface area contributed by atoms with Gasteiger partial charge in [0.05, 0.1) is 29.1 Å². The first kappa shape index (κ1) is 26.4. The predicted octanol–water partition coefficient (Wildman–Crippen LogP) is 4.68. The largest absolute Gasteiger partial charge is 0.273 e. The lowest BCUT2D eigenvalue weighted by atomic mass is 9.88. The average Bonchev–Trinajstić information content (AvgIpc) is 2.88. The highest BCUT2D eigenvalue weighted by Crippen LogP contribution is 2.32. The summed E-state index contributed by atoms with van der Waals surface area (Å²) in [4.78, 5) is 43.4. The Balaban J connectivity index is 1.55. The Hall–Kier alpha value is -3.65. The van der Waals surface area contributed by atoms with E-state index in [0.29, 0.717) is 22.1 Å². The van der Waals surface area contributed by atoms with Crippen LogP contribution in [-0.2, 0) is 16.0 Å². The van der Waals surface area contributed by atoms with Gasteiger partial charge in [-0.05, 0) is 69.7 Å². The SMILES string of the molecule is CC1=C(c2c(C)nc(SCC(=O)NNC(=O)Cc3ccccc3)n(-c3ccc(C)cc3)c2=O)CCCC1. The first-order chi connectivity index (χ1) is 17.8. The summed E-state index contributed by atoms with van der Waals surface area (Å²) in [5.41, 5.74) is 11.1. The lowest BCUT2D eigenvalue weighted by Crippen LogP contribution is -2.43. The van der Waals surface area contributed by atoms with Gasteiger partial charge in [0.2, 0.25) is 11.8 Å². The molecule has 0 aliphatic heterocycles. The Kier molecular flexibility index (Phi) is 8.61. The van der Waals surface area contributed by atoms with Crippen molar-refractivity contribution in [1.82, 2.24) is 20.4 Å². The highest BCUT2D eigenvalue weighted by molar-refractivity contribution is 7.99. The molecule has 1 aliphatic carbocycles. The number of allylic oxidation sites excluding steroid dienone is 2. The number of aromatic nitrogens is 2. The van der Waals surface area contributed by atoms with Crippen LogP contribution in [0, 0.1) is 13.8 Å². The second kappa shape index (κ2) is 12.1. The lowest BCUT2D eigenvalue weighted by molar-refractivity contribution is -0.127. The number of benzene rings is 2. The van der Waals surface area contributed by atoms with Crippen LogP contribution in [0.3, 0.4) is 0 Å². The van der Waals surface area contributed by atoms with Gasteiger partial charge in [-0.25, -0.2) is 4.98 Å². The standard InChI is InChI=1S/C29H32N4O3S/c1-19-13-15-23(16-14-19)33-28(36)27(24-12-8-7-9-20(24)2)21(3)30-29(33)37-18-26(35)32-31-25(34)17-22-10-5-4-6-11-22/h4-6,10-11,13-16H,7-9,12,17-18H2,1-3H3,(H,31,34)(H,32,35). The lowest BCUT2D eigenvalue weighted by Gasteiger charge is -2.21. The number of hydrogen-bond acceptors (Lipinski definition) is 5. The summed E-state index contributed by atoms with van der Waals surface area (Å²) in [5, 5.41) is 0.440. The molecule has 0 saturated heterocycles. The van der Waals surface area contributed by atoms with Crippen molar-refractivity contribution in [1.29, 1.82) is 0 Å². The van der Waals surface area contributed by atoms with Gasteiger partial charge in [-0.15, -0.1) is 0 Å². The normalized spacial score (nSPS) is 13.4. The zero-order valence-electron chi connectivity index (χ0n) is 21.5. The number of aryl methyl sites for hydroxylation is 2. The fraction of sp³-hybridized carbons (Fsp3) is 0.310. The van der Waals surface area contributed by atoms with Crippen LogP contribution in [-0.4, -0.2) is 27.1 Å². The van der Waals surface area contributed by atoms with E-state index < -0.39 is 0 Å². The van der Waals surface area contributed by atoms with E-state index in [-0.39, 0.29) is 29.5 Å². The maximum Gasteiger partial charge on any atom is 0.266 e. The van der Waals surface area contributed by atoms with Crippen molar-refractivity contribution >= 4 is 29.1 Å². The van der Waals surface area contributed by atoms with Crippen molar-refractivity contribution in [2.75, 3.05) is 5.75 Å². The third kappa shape index (κ3) is 6.57. The van der Waals surface area contributed by atoms with E-state index in [0.717, 1.165) is 42.4 Å². The van der Waals surface area contributed by atoms with Crippen molar-refractivity contribution in [3.8, 4) is 5.69 Å². The van der Waals surface area contributed by atoms with E-state index in [1.165, 1.54) is 17.3 Å². The van der Waals surface area contributed by atoms with Crippen molar-refractivity contribution < 1.29 is 9.59 Å². The second-order valence-corrected chi connectivity index (χ2v) is 10.3. The van der Waals surface area contributed by atoms with Crippen LogP contribution in [0.25, 0.3) is 11.3 Å². The summed E-state index contributed by atoms with van der Waals surface area (Å²) in [5.74, 6) is -0.705. The first-order valence-electron chi connectivity index (χ1n) is 12.5. The molecule has 0 radical (unpaired) electrons. The molecule has 1 heterocycles. The fourth-order valence-corrected chi connectivity index (χ4v) is 5.35. The molecule has 3 aromatic rings. The maximum atomic E-state index is 13.9. The Bertz CT molecular complexity index is 1380. The number of thioether (sulfide) groups is 1. The van der Waals surface area contributed by atoms with E-state index in [1.807, 2.05) is 68.4 Å². The minimum absolute atomic E-state index is 0.00949. The summed E-state index contributed by atoms with van der Waals surface area (Å²) in [6, 6.07) is 17.0. The summed E-state index contributed by atoms with van der Waals surface area (Å²) >= 11 is 1.17. The number of nitrogens with zero attached hydrogens (tertiary/aromatic N) is 2. The number of hydrogen-bond donors (Lipinski definition) is 2. The Morgan fingerprint density at radius 1 is 0.919 bits per heavy atom. The third-order valence-corrected chi connectivity index (χ3v) is 7.39. The highest BCUT2D eigenvalue weighted by Gasteiger charge is 2.22. The monoisotopic (exact) mass is 516 g/mol. The molecule has 0 unspecified atom stereocenters. The number of carbonyl (C=O) groups is 2. The van der Waals surface area contributed by atoms with Crippen molar-refractivity contribution in [3.05, 3.63) is 92.9 Å². The molecule has 37 heavy (non-hydrogen) atoms. The number of nitrogens with one attached hydrogen (secondary N) is 2. The van der Waals surface area contributed by atoms with Gasteiger partial charge in [0.15, 0.2) is 5.16 Å². The molecule has 0 atom stereocenters. The zero-order valence-corrected chi connectivity index (χ0v) is 22.3. The van der Waals surface area contributed by atoms with Crippen LogP contribution in [0.1, 0.15) is 55.0 Å². The summed E-state index contributed by atoms with van der Waals surface area (Å²) in [7, 11) is 0.